The molecule has 0 aliphatic carbocycles. The Morgan fingerprint density at radius 2 is 1.41 bits per heavy atom. The lowest BCUT2D eigenvalue weighted by Crippen LogP contribution is -2.44. The minimum Gasteiger partial charge on any atom is -0.308 e. The number of hydrogen-bond donors (Lipinski definition) is 0. The van der Waals surface area contributed by atoms with Gasteiger partial charge >= 0.3 is 0 Å². The van der Waals surface area contributed by atoms with Gasteiger partial charge in [0.2, 0.25) is 0 Å². The molecule has 3 rings (SSSR count). The Hall–Kier alpha value is -2.07. The first-order valence-corrected chi connectivity index (χ1v) is 7.03. The summed E-state index contributed by atoms with van der Waals surface area (Å²) in [7, 11) is 15.7. The molecule has 4 nitrogen and oxygen atoms in total. The molecule has 1 heterocycles. The van der Waals surface area contributed by atoms with Gasteiger partial charge < -0.3 is 4.90 Å². The molecule has 2 amide bonds. The van der Waals surface area contributed by atoms with Crippen LogP contribution in [0.1, 0.15) is 20.7 Å². The zero-order valence-electron chi connectivity index (χ0n) is 12.6. The minimum atomic E-state index is -0.296. The highest BCUT2D eigenvalue weighted by Gasteiger charge is 2.32. The van der Waals surface area contributed by atoms with Crippen molar-refractivity contribution in [3.63, 3.8) is 0 Å². The van der Waals surface area contributed by atoms with E-state index in [4.69, 9.17) is 15.7 Å². The second-order valence-electron chi connectivity index (χ2n) is 5.72. The standard InChI is InChI=1S/C16H14B2N2O2/c1-19(2)7-8-20-15(21)9-3-5-11(17)14-12(18)6-4-10(13(9)14)16(20)22/h3-6H,7-8H2,1-2H3. The molecule has 0 saturated heterocycles. The Morgan fingerprint density at radius 3 is 1.86 bits per heavy atom. The fourth-order valence-electron chi connectivity index (χ4n) is 2.79. The fourth-order valence-corrected chi connectivity index (χ4v) is 2.79. The molecule has 106 valence electrons. The van der Waals surface area contributed by atoms with Gasteiger partial charge in [-0.2, -0.15) is 0 Å². The summed E-state index contributed by atoms with van der Waals surface area (Å²) in [5.41, 5.74) is 1.90. The van der Waals surface area contributed by atoms with E-state index in [1.807, 2.05) is 19.0 Å². The van der Waals surface area contributed by atoms with Gasteiger partial charge in [-0.15, -0.1) is 0 Å². The van der Waals surface area contributed by atoms with Crippen LogP contribution in [0.2, 0.25) is 0 Å². The number of nitrogens with zero attached hydrogens (tertiary/aromatic N) is 2. The van der Waals surface area contributed by atoms with Crippen LogP contribution in [0.3, 0.4) is 0 Å². The zero-order chi connectivity index (χ0) is 16.0. The molecule has 22 heavy (non-hydrogen) atoms. The summed E-state index contributed by atoms with van der Waals surface area (Å²) in [5.74, 6) is -0.593. The molecule has 2 aromatic rings. The third-order valence-electron chi connectivity index (χ3n) is 3.95. The predicted molar refractivity (Wildman–Crippen MR) is 88.6 cm³/mol. The topological polar surface area (TPSA) is 40.6 Å². The lowest BCUT2D eigenvalue weighted by Gasteiger charge is -2.29. The smallest absolute Gasteiger partial charge is 0.261 e. The quantitative estimate of drug-likeness (QED) is 0.569. The molecule has 0 aromatic heterocycles. The third kappa shape index (κ3) is 2.15. The van der Waals surface area contributed by atoms with Gasteiger partial charge in [0.25, 0.3) is 11.8 Å². The summed E-state index contributed by atoms with van der Waals surface area (Å²) in [5, 5.41) is 1.15. The summed E-state index contributed by atoms with van der Waals surface area (Å²) in [6.07, 6.45) is 0. The number of rotatable bonds is 3. The molecule has 0 saturated carbocycles. The maximum atomic E-state index is 12.7. The van der Waals surface area contributed by atoms with Crippen LogP contribution in [-0.2, 0) is 0 Å². The summed E-state index contributed by atoms with van der Waals surface area (Å²) >= 11 is 0. The Labute approximate surface area is 131 Å². The molecular weight excluding hydrogens is 274 g/mol. The van der Waals surface area contributed by atoms with Crippen LogP contribution in [0, 0.1) is 0 Å². The molecule has 0 spiro atoms. The number of benzene rings is 2. The number of carbonyl (C=O) groups is 2. The minimum absolute atomic E-state index is 0.296. The summed E-state index contributed by atoms with van der Waals surface area (Å²) in [4.78, 5) is 28.5. The lowest BCUT2D eigenvalue weighted by molar-refractivity contribution is 0.0601. The zero-order valence-corrected chi connectivity index (χ0v) is 12.6. The van der Waals surface area contributed by atoms with Crippen molar-refractivity contribution in [3.8, 4) is 0 Å². The summed E-state index contributed by atoms with van der Waals surface area (Å²) in [6, 6.07) is 6.65. The van der Waals surface area contributed by atoms with Crippen molar-refractivity contribution >= 4 is 49.2 Å². The number of carbonyl (C=O) groups excluding carboxylic acids is 2. The Kier molecular flexibility index (Phi) is 3.57. The molecule has 2 aromatic carbocycles. The highest BCUT2D eigenvalue weighted by atomic mass is 16.2. The van der Waals surface area contributed by atoms with Crippen LogP contribution in [0.5, 0.6) is 0 Å². The van der Waals surface area contributed by atoms with E-state index in [1.54, 1.807) is 24.3 Å². The predicted octanol–water partition coefficient (Wildman–Crippen LogP) is -0.415. The van der Waals surface area contributed by atoms with E-state index >= 15 is 0 Å². The number of hydrogen-bond acceptors (Lipinski definition) is 3. The summed E-state index contributed by atoms with van der Waals surface area (Å²) < 4.78 is 0. The average molecular weight is 288 g/mol. The fraction of sp³-hybridized carbons (Fsp3) is 0.250. The van der Waals surface area contributed by atoms with E-state index in [2.05, 4.69) is 0 Å². The molecule has 1 aliphatic rings. The average Bonchev–Trinajstić information content (AvgIpc) is 2.46. The van der Waals surface area contributed by atoms with E-state index in [-0.39, 0.29) is 11.8 Å². The summed E-state index contributed by atoms with van der Waals surface area (Å²) in [6.45, 7) is 0.959. The SMILES string of the molecule is [B]c1ccc2c3c(ccc([B])c13)C(=O)N(CCN(C)C)C2=O. The van der Waals surface area contributed by atoms with Crippen molar-refractivity contribution in [1.82, 2.24) is 9.80 Å². The van der Waals surface area contributed by atoms with Crippen LogP contribution in [0.4, 0.5) is 0 Å². The van der Waals surface area contributed by atoms with Crippen molar-refractivity contribution in [2.45, 2.75) is 0 Å². The van der Waals surface area contributed by atoms with E-state index in [0.717, 1.165) is 0 Å². The molecule has 1 aliphatic heterocycles. The maximum absolute atomic E-state index is 12.7. The largest absolute Gasteiger partial charge is 0.308 e. The Balaban J connectivity index is 2.20. The van der Waals surface area contributed by atoms with E-state index in [9.17, 15) is 9.59 Å². The van der Waals surface area contributed by atoms with Crippen molar-refractivity contribution in [2.24, 2.45) is 0 Å². The molecule has 0 N–H and O–H groups in total. The molecule has 6 heteroatoms. The van der Waals surface area contributed by atoms with E-state index < -0.39 is 0 Å². The highest BCUT2D eigenvalue weighted by molar-refractivity contribution is 6.49. The molecule has 0 fully saturated rings. The van der Waals surface area contributed by atoms with Crippen molar-refractivity contribution in [1.29, 1.82) is 0 Å². The van der Waals surface area contributed by atoms with Gasteiger partial charge in [-0.05, 0) is 31.6 Å². The number of imide groups is 1. The first-order valence-electron chi connectivity index (χ1n) is 7.03. The van der Waals surface area contributed by atoms with Gasteiger partial charge in [0, 0.05) is 29.6 Å². The van der Waals surface area contributed by atoms with Crippen LogP contribution in [0.25, 0.3) is 10.8 Å². The second kappa shape index (κ2) is 5.29. The molecule has 4 radical (unpaired) electrons. The van der Waals surface area contributed by atoms with Crippen molar-refractivity contribution in [2.75, 3.05) is 27.2 Å². The molecule has 0 atom stereocenters. The van der Waals surface area contributed by atoms with E-state index in [1.165, 1.54) is 4.90 Å². The highest BCUT2D eigenvalue weighted by Crippen LogP contribution is 2.27. The van der Waals surface area contributed by atoms with E-state index in [0.29, 0.717) is 45.9 Å². The number of amides is 2. The second-order valence-corrected chi connectivity index (χ2v) is 5.72. The van der Waals surface area contributed by atoms with Gasteiger partial charge in [-0.25, -0.2) is 0 Å². The molecule has 0 unspecified atom stereocenters. The van der Waals surface area contributed by atoms with Gasteiger partial charge in [0.1, 0.15) is 15.7 Å². The van der Waals surface area contributed by atoms with Crippen molar-refractivity contribution in [3.05, 3.63) is 35.4 Å². The number of likely N-dealkylation sites (N-methyl/N-ethyl adjacent to an activating group) is 1. The van der Waals surface area contributed by atoms with Gasteiger partial charge in [-0.3, -0.25) is 14.5 Å². The third-order valence-corrected chi connectivity index (χ3v) is 3.95. The van der Waals surface area contributed by atoms with Crippen LogP contribution in [0.15, 0.2) is 24.3 Å². The Bertz CT molecular complexity index is 746. The monoisotopic (exact) mass is 288 g/mol. The Morgan fingerprint density at radius 1 is 0.909 bits per heavy atom. The lowest BCUT2D eigenvalue weighted by atomic mass is 9.78. The van der Waals surface area contributed by atoms with Gasteiger partial charge in [-0.1, -0.05) is 23.1 Å². The van der Waals surface area contributed by atoms with Gasteiger partial charge in [0.15, 0.2) is 0 Å². The molecule has 0 bridgehead atoms. The van der Waals surface area contributed by atoms with Gasteiger partial charge in [0.05, 0.1) is 0 Å². The maximum Gasteiger partial charge on any atom is 0.261 e. The van der Waals surface area contributed by atoms with Crippen LogP contribution in [-0.4, -0.2) is 64.5 Å². The first kappa shape index (κ1) is 14.9. The van der Waals surface area contributed by atoms with Crippen LogP contribution < -0.4 is 10.9 Å². The first-order chi connectivity index (χ1) is 10.4. The van der Waals surface area contributed by atoms with Crippen molar-refractivity contribution < 1.29 is 9.59 Å². The van der Waals surface area contributed by atoms with Crippen LogP contribution >= 0.6 is 0 Å². The normalized spacial score (nSPS) is 14.2. The molecular formula is C16H14B2N2O2.